The first-order chi connectivity index (χ1) is 46.6. The summed E-state index contributed by atoms with van der Waals surface area (Å²) in [6.45, 7) is 35.7. The van der Waals surface area contributed by atoms with Gasteiger partial charge in [-0.3, -0.25) is 9.59 Å². The quantitative estimate of drug-likeness (QED) is 0.0418. The molecule has 2 aromatic carbocycles. The van der Waals surface area contributed by atoms with E-state index in [1.807, 2.05) is 95.6 Å². The Morgan fingerprint density at radius 3 is 1.27 bits per heavy atom. The minimum absolute atomic E-state index is 0.0621. The molecule has 0 fully saturated rings. The summed E-state index contributed by atoms with van der Waals surface area (Å²) in [6, 6.07) is 25.6. The van der Waals surface area contributed by atoms with E-state index < -0.39 is 0 Å². The number of ketones is 2. The third kappa shape index (κ3) is 20.0. The Balaban J connectivity index is 1.37. The van der Waals surface area contributed by atoms with E-state index in [9.17, 15) is 30.6 Å². The van der Waals surface area contributed by atoms with E-state index in [2.05, 4.69) is 133 Å². The Kier molecular flexibility index (Phi) is 29.7. The van der Waals surface area contributed by atoms with Gasteiger partial charge in [0.05, 0.1) is 0 Å². The predicted octanol–water partition coefficient (Wildman–Crippen LogP) is 25.6. The van der Waals surface area contributed by atoms with Crippen molar-refractivity contribution in [3.8, 4) is 24.3 Å². The Labute approximate surface area is 609 Å². The van der Waals surface area contributed by atoms with Crippen LogP contribution in [0.2, 0.25) is 0 Å². The lowest BCUT2D eigenvalue weighted by Gasteiger charge is -2.34. The lowest BCUT2D eigenvalue weighted by molar-refractivity contribution is 0.103. The number of hydrogen-bond donors (Lipinski definition) is 0. The Bertz CT molecular complexity index is 3790. The maximum Gasteiger partial charge on any atom is 0.194 e. The molecule has 6 nitrogen and oxygen atoms in total. The fraction of sp³-hybridized carbons (Fsp3) is 0.506. The van der Waals surface area contributed by atoms with Gasteiger partial charge in [0.2, 0.25) is 0 Å². The molecular weight excluding hydrogens is 1300 g/mol. The number of nitrogens with zero attached hydrogens (tertiary/aromatic N) is 4. The van der Waals surface area contributed by atoms with Crippen molar-refractivity contribution < 1.29 is 9.59 Å². The van der Waals surface area contributed by atoms with Gasteiger partial charge in [-0.25, -0.2) is 0 Å². The Morgan fingerprint density at radius 2 is 0.876 bits per heavy atom. The highest BCUT2D eigenvalue weighted by Gasteiger charge is 2.44. The molecule has 0 saturated carbocycles. The zero-order valence-electron chi connectivity index (χ0n) is 60.2. The van der Waals surface area contributed by atoms with Crippen LogP contribution in [0.1, 0.15) is 240 Å². The van der Waals surface area contributed by atoms with Gasteiger partial charge < -0.3 is 0 Å². The van der Waals surface area contributed by atoms with Crippen LogP contribution in [0.15, 0.2) is 137 Å². The number of Topliss-reactive ketones (excluding diaryl/α,β-unsaturated/α-hetero) is 2. The van der Waals surface area contributed by atoms with Gasteiger partial charge in [0.1, 0.15) is 35.4 Å². The second-order valence-corrected chi connectivity index (χ2v) is 36.9. The van der Waals surface area contributed by atoms with Crippen LogP contribution in [0.25, 0.3) is 28.4 Å². The van der Waals surface area contributed by atoms with Crippen molar-refractivity contribution in [1.29, 1.82) is 21.0 Å². The van der Waals surface area contributed by atoms with Gasteiger partial charge in [-0.15, -0.1) is 70.1 Å². The smallest absolute Gasteiger partial charge is 0.194 e. The minimum atomic E-state index is -0.198. The molecule has 5 unspecified atom stereocenters. The van der Waals surface area contributed by atoms with Crippen LogP contribution in [-0.4, -0.2) is 39.8 Å². The van der Waals surface area contributed by atoms with Gasteiger partial charge in [-0.2, -0.15) is 21.0 Å². The number of nitriles is 4. The fourth-order valence-corrected chi connectivity index (χ4v) is 22.4. The summed E-state index contributed by atoms with van der Waals surface area (Å²) in [4.78, 5) is 32.4. The topological polar surface area (TPSA) is 129 Å². The van der Waals surface area contributed by atoms with Gasteiger partial charge in [-0.05, 0) is 166 Å². The molecule has 1 aromatic heterocycles. The van der Waals surface area contributed by atoms with E-state index >= 15 is 0 Å². The monoisotopic (exact) mass is 1400 g/mol. The van der Waals surface area contributed by atoms with Crippen molar-refractivity contribution in [2.24, 2.45) is 53.3 Å². The number of fused-ring (bicyclic) bond motifs is 5. The largest absolute Gasteiger partial charge is 0.289 e. The summed E-state index contributed by atoms with van der Waals surface area (Å²) in [5, 5.41) is 41.8. The normalized spacial score (nSPS) is 18.5. The maximum absolute atomic E-state index is 14.8. The Hall–Kier alpha value is -5.41. The molecule has 8 rings (SSSR count). The number of carbonyl (C=O) groups excluding carboxylic acids is 2. The second-order valence-electron chi connectivity index (χ2n) is 29.6. The molecule has 12 heteroatoms. The van der Waals surface area contributed by atoms with Crippen LogP contribution in [-0.2, 0) is 0 Å². The first-order valence-electron chi connectivity index (χ1n) is 36.1. The van der Waals surface area contributed by atoms with E-state index in [4.69, 9.17) is 6.58 Å². The van der Waals surface area contributed by atoms with Crippen LogP contribution in [0.4, 0.5) is 0 Å². The lowest BCUT2D eigenvalue weighted by Crippen LogP contribution is -2.24. The van der Waals surface area contributed by atoms with E-state index in [1.165, 1.54) is 108 Å². The van der Waals surface area contributed by atoms with Crippen LogP contribution < -0.4 is 0 Å². The highest BCUT2D eigenvalue weighted by atomic mass is 32.2. The molecule has 0 spiro atoms. The molecule has 0 saturated heterocycles. The molecule has 97 heavy (non-hydrogen) atoms. The predicted molar refractivity (Wildman–Crippen MR) is 425 cm³/mol. The lowest BCUT2D eigenvalue weighted by atomic mass is 9.79. The van der Waals surface area contributed by atoms with E-state index in [0.29, 0.717) is 91.9 Å². The molecule has 512 valence electrons. The molecule has 3 aromatic rings. The first kappa shape index (κ1) is 77.3. The van der Waals surface area contributed by atoms with Crippen LogP contribution >= 0.6 is 70.1 Å². The Morgan fingerprint density at radius 1 is 0.495 bits per heavy atom. The zero-order valence-corrected chi connectivity index (χ0v) is 65.1. The van der Waals surface area contributed by atoms with Gasteiger partial charge in [0, 0.05) is 78.5 Å². The SMILES string of the molecule is C=C1C=C(/C=C2\C(=O)c3ccccc3C2=C(C#N)C#N)SC2C(=CC3=C(C(=C(SCCC(C)CCCC(C)C)SCCC(C)CCCC(C)C)c4cc(/C=C5\C(=O)c6ccccc6C5=C(C#N)C#N)sc43)[C@H]2C)C1=C(SCCC(C)CCCC(C)C)SCCC(C)CCCC(C)C. The molecule has 0 N–H and O–H groups in total. The molecule has 1 aliphatic heterocycles. The van der Waals surface area contributed by atoms with Gasteiger partial charge in [0.25, 0.3) is 0 Å². The van der Waals surface area contributed by atoms with Gasteiger partial charge in [-0.1, -0.05) is 222 Å². The number of thioether (sulfide) groups is 5. The van der Waals surface area contributed by atoms with Gasteiger partial charge in [0.15, 0.2) is 11.6 Å². The summed E-state index contributed by atoms with van der Waals surface area (Å²) in [6.07, 6.45) is 27.7. The number of thiophene rings is 1. The van der Waals surface area contributed by atoms with Crippen LogP contribution in [0.3, 0.4) is 0 Å². The molecule has 4 aliphatic carbocycles. The van der Waals surface area contributed by atoms with Crippen molar-refractivity contribution in [2.75, 3.05) is 23.0 Å². The zero-order chi connectivity index (χ0) is 70.0. The first-order valence-corrected chi connectivity index (χ1v) is 41.7. The molecular formula is C85H104N4O2S6. The summed E-state index contributed by atoms with van der Waals surface area (Å²) in [7, 11) is 0. The minimum Gasteiger partial charge on any atom is -0.289 e. The van der Waals surface area contributed by atoms with Crippen LogP contribution in [0, 0.1) is 98.6 Å². The summed E-state index contributed by atoms with van der Waals surface area (Å²) in [5.41, 5.74) is 11.7. The summed E-state index contributed by atoms with van der Waals surface area (Å²) < 4.78 is 2.61. The average Bonchev–Trinajstić information content (AvgIpc) is 1.57. The molecule has 6 atom stereocenters. The van der Waals surface area contributed by atoms with Crippen molar-refractivity contribution >= 4 is 110 Å². The summed E-state index contributed by atoms with van der Waals surface area (Å²) >= 11 is 11.5. The van der Waals surface area contributed by atoms with Crippen molar-refractivity contribution in [1.82, 2.24) is 0 Å². The molecule has 0 amide bonds. The third-order valence-corrected chi connectivity index (χ3v) is 27.2. The number of benzene rings is 2. The summed E-state index contributed by atoms with van der Waals surface area (Å²) in [5.74, 6) is 8.49. The number of carbonyl (C=O) groups is 2. The van der Waals surface area contributed by atoms with Gasteiger partial charge >= 0.3 is 0 Å². The van der Waals surface area contributed by atoms with E-state index in [-0.39, 0.29) is 33.9 Å². The van der Waals surface area contributed by atoms with Crippen molar-refractivity contribution in [2.45, 2.75) is 198 Å². The highest BCUT2D eigenvalue weighted by molar-refractivity contribution is 8.22. The molecule has 0 radical (unpaired) electrons. The fourth-order valence-electron chi connectivity index (χ4n) is 13.9. The molecule has 5 aliphatic rings. The van der Waals surface area contributed by atoms with E-state index in [1.54, 1.807) is 35.2 Å². The molecule has 2 heterocycles. The number of allylic oxidation sites excluding steroid dienone is 14. The molecule has 0 bridgehead atoms. The van der Waals surface area contributed by atoms with Crippen molar-refractivity contribution in [3.63, 3.8) is 0 Å². The third-order valence-electron chi connectivity index (χ3n) is 19.7. The maximum atomic E-state index is 14.8. The average molecular weight is 1410 g/mol. The number of hydrogen-bond acceptors (Lipinski definition) is 12. The van der Waals surface area contributed by atoms with E-state index in [0.717, 1.165) is 80.1 Å². The van der Waals surface area contributed by atoms with Crippen molar-refractivity contribution in [3.05, 3.63) is 175 Å². The second kappa shape index (κ2) is 37.3. The van der Waals surface area contributed by atoms with Crippen LogP contribution in [0.5, 0.6) is 0 Å². The highest BCUT2D eigenvalue weighted by Crippen LogP contribution is 2.61. The standard InChI is InChI=1S/C85H104N4O2S6/c1-52(2)23-19-27-56(9)35-39-92-84(93-40-36-57(10)28-20-24-53(3)4)75-60(13)43-64(44-70-77(62(48-86)49-87)66-31-15-17-33-68(66)80(70)90)96-82-61(14)76-74(47-73(75)82)83-72(46-65(97-83)45-71-78(63(50-88)51-89)67-32-16-18-34-69(67)81(71)91)79(76)85(94-41-37-58(11)29-21-25-54(5)6)95-42-38-59(12)30-22-26-55(7)8/h15-18,31-34,43-47,52-59,61,82H,13,19-30,35-42H2,1-12,14H3/b70-44-,71-45-,84-75?,85-79?/t56?,57?,58?,59?,61-,82?/m1/s1. The number of rotatable bonds is 34.